The monoisotopic (exact) mass is 317 g/mol. The number of piperidine rings is 1. The van der Waals surface area contributed by atoms with Crippen molar-refractivity contribution in [3.8, 4) is 0 Å². The van der Waals surface area contributed by atoms with Crippen molar-refractivity contribution in [3.63, 3.8) is 0 Å². The highest BCUT2D eigenvalue weighted by Gasteiger charge is 2.21. The Balaban J connectivity index is 1.68. The van der Waals surface area contributed by atoms with E-state index in [0.717, 1.165) is 31.5 Å². The van der Waals surface area contributed by atoms with Gasteiger partial charge in [0.05, 0.1) is 6.54 Å². The maximum Gasteiger partial charge on any atom is 0.241 e. The van der Waals surface area contributed by atoms with Crippen molar-refractivity contribution in [2.75, 3.05) is 26.7 Å². The van der Waals surface area contributed by atoms with Crippen LogP contribution in [0.25, 0.3) is 0 Å². The Morgan fingerprint density at radius 2 is 1.87 bits per heavy atom. The molecule has 2 rings (SSSR count). The highest BCUT2D eigenvalue weighted by atomic mass is 16.2. The molecule has 1 aromatic rings. The van der Waals surface area contributed by atoms with E-state index in [4.69, 9.17) is 0 Å². The van der Waals surface area contributed by atoms with Crippen molar-refractivity contribution in [2.45, 2.75) is 38.6 Å². The summed E-state index contributed by atoms with van der Waals surface area (Å²) in [6.45, 7) is 4.03. The van der Waals surface area contributed by atoms with Gasteiger partial charge in [-0.1, -0.05) is 29.8 Å². The first kappa shape index (κ1) is 17.5. The van der Waals surface area contributed by atoms with E-state index in [9.17, 15) is 9.59 Å². The number of carbonyl (C=O) groups excluding carboxylic acids is 2. The van der Waals surface area contributed by atoms with Crippen LogP contribution in [0.15, 0.2) is 24.3 Å². The summed E-state index contributed by atoms with van der Waals surface area (Å²) in [5.41, 5.74) is 2.36. The predicted molar refractivity (Wildman–Crippen MR) is 91.2 cm³/mol. The Bertz CT molecular complexity index is 522. The van der Waals surface area contributed by atoms with Gasteiger partial charge in [-0.25, -0.2) is 0 Å². The van der Waals surface area contributed by atoms with Crippen molar-refractivity contribution in [3.05, 3.63) is 35.4 Å². The van der Waals surface area contributed by atoms with Crippen LogP contribution in [-0.4, -0.2) is 49.4 Å². The number of rotatable bonds is 6. The van der Waals surface area contributed by atoms with Crippen LogP contribution in [-0.2, 0) is 16.0 Å². The number of aryl methyl sites for hydroxylation is 2. The third kappa shape index (κ3) is 5.67. The Hall–Kier alpha value is -1.88. The second-order valence-electron chi connectivity index (χ2n) is 6.25. The van der Waals surface area contributed by atoms with Crippen molar-refractivity contribution in [1.82, 2.24) is 15.5 Å². The van der Waals surface area contributed by atoms with Crippen LogP contribution in [0, 0.1) is 6.92 Å². The van der Waals surface area contributed by atoms with E-state index in [-0.39, 0.29) is 24.4 Å². The number of likely N-dealkylation sites (N-methyl/N-ethyl adjacent to an activating group) is 1. The molecule has 1 aliphatic heterocycles. The molecule has 1 aliphatic rings. The summed E-state index contributed by atoms with van der Waals surface area (Å²) in [5.74, 6) is -0.0850. The third-order valence-electron chi connectivity index (χ3n) is 4.45. The van der Waals surface area contributed by atoms with E-state index in [1.54, 1.807) is 4.90 Å². The number of hydrogen-bond donors (Lipinski definition) is 2. The molecule has 0 saturated carbocycles. The molecular weight excluding hydrogens is 290 g/mol. The Morgan fingerprint density at radius 3 is 2.52 bits per heavy atom. The number of amides is 2. The van der Waals surface area contributed by atoms with E-state index in [2.05, 4.69) is 10.6 Å². The van der Waals surface area contributed by atoms with Crippen molar-refractivity contribution in [1.29, 1.82) is 0 Å². The Morgan fingerprint density at radius 1 is 1.22 bits per heavy atom. The number of hydrogen-bond acceptors (Lipinski definition) is 3. The lowest BCUT2D eigenvalue weighted by molar-refractivity contribution is -0.133. The molecule has 0 atom stereocenters. The minimum Gasteiger partial charge on any atom is -0.347 e. The summed E-state index contributed by atoms with van der Waals surface area (Å²) >= 11 is 0. The van der Waals surface area contributed by atoms with E-state index >= 15 is 0 Å². The van der Waals surface area contributed by atoms with Crippen LogP contribution in [0.2, 0.25) is 0 Å². The van der Waals surface area contributed by atoms with Gasteiger partial charge >= 0.3 is 0 Å². The first-order valence-corrected chi connectivity index (χ1v) is 8.35. The summed E-state index contributed by atoms with van der Waals surface area (Å²) in [6, 6.07) is 8.46. The van der Waals surface area contributed by atoms with Crippen LogP contribution in [0.4, 0.5) is 0 Å². The lowest BCUT2D eigenvalue weighted by atomic mass is 10.1. The van der Waals surface area contributed by atoms with Crippen LogP contribution in [0.1, 0.15) is 30.4 Å². The maximum atomic E-state index is 12.1. The van der Waals surface area contributed by atoms with Crippen molar-refractivity contribution >= 4 is 11.8 Å². The van der Waals surface area contributed by atoms with Gasteiger partial charge in [0.25, 0.3) is 0 Å². The van der Waals surface area contributed by atoms with Crippen LogP contribution >= 0.6 is 0 Å². The van der Waals surface area contributed by atoms with E-state index in [1.165, 1.54) is 5.56 Å². The second-order valence-corrected chi connectivity index (χ2v) is 6.25. The molecule has 0 spiro atoms. The molecule has 0 aliphatic carbocycles. The number of carbonyl (C=O) groups is 2. The van der Waals surface area contributed by atoms with Crippen LogP contribution < -0.4 is 10.6 Å². The first-order chi connectivity index (χ1) is 11.1. The zero-order valence-electron chi connectivity index (χ0n) is 14.1. The lowest BCUT2D eigenvalue weighted by Crippen LogP contribution is -2.47. The zero-order chi connectivity index (χ0) is 16.7. The summed E-state index contributed by atoms with van der Waals surface area (Å²) in [4.78, 5) is 25.8. The van der Waals surface area contributed by atoms with Gasteiger partial charge in [-0.3, -0.25) is 9.59 Å². The highest BCUT2D eigenvalue weighted by Crippen LogP contribution is 2.09. The molecule has 5 heteroatoms. The van der Waals surface area contributed by atoms with Crippen LogP contribution in [0.5, 0.6) is 0 Å². The van der Waals surface area contributed by atoms with Gasteiger partial charge < -0.3 is 15.5 Å². The molecule has 0 radical (unpaired) electrons. The molecule has 0 unspecified atom stereocenters. The summed E-state index contributed by atoms with van der Waals surface area (Å²) in [6.07, 6.45) is 3.06. The molecular formula is C18H27N3O2. The fraction of sp³-hybridized carbons (Fsp3) is 0.556. The molecule has 0 aromatic heterocycles. The zero-order valence-corrected chi connectivity index (χ0v) is 14.1. The lowest BCUT2D eigenvalue weighted by Gasteiger charge is -2.31. The molecule has 2 N–H and O–H groups in total. The topological polar surface area (TPSA) is 61.4 Å². The summed E-state index contributed by atoms with van der Waals surface area (Å²) < 4.78 is 0. The molecule has 23 heavy (non-hydrogen) atoms. The molecule has 1 fully saturated rings. The van der Waals surface area contributed by atoms with Gasteiger partial charge in [-0.15, -0.1) is 0 Å². The Kier molecular flexibility index (Phi) is 6.59. The number of benzene rings is 1. The molecule has 1 aromatic carbocycles. The van der Waals surface area contributed by atoms with Gasteiger partial charge in [0.15, 0.2) is 0 Å². The average Bonchev–Trinajstić information content (AvgIpc) is 2.59. The van der Waals surface area contributed by atoms with Gasteiger partial charge in [0, 0.05) is 19.5 Å². The first-order valence-electron chi connectivity index (χ1n) is 8.35. The van der Waals surface area contributed by atoms with Gasteiger partial charge in [0.1, 0.15) is 0 Å². The van der Waals surface area contributed by atoms with Gasteiger partial charge in [0.2, 0.25) is 11.8 Å². The minimum absolute atomic E-state index is 0.0133. The third-order valence-corrected chi connectivity index (χ3v) is 4.45. The summed E-state index contributed by atoms with van der Waals surface area (Å²) in [7, 11) is 1.83. The minimum atomic E-state index is -0.0716. The fourth-order valence-electron chi connectivity index (χ4n) is 2.80. The number of nitrogens with zero attached hydrogens (tertiary/aromatic N) is 1. The quantitative estimate of drug-likeness (QED) is 0.830. The maximum absolute atomic E-state index is 12.1. The molecule has 126 valence electrons. The van der Waals surface area contributed by atoms with E-state index in [0.29, 0.717) is 12.8 Å². The molecule has 1 saturated heterocycles. The standard InChI is InChI=1S/C18H27N3O2/c1-14-3-5-15(6-4-14)7-8-17(22)20-13-18(23)21(2)16-9-11-19-12-10-16/h3-6,16,19H,7-13H2,1-2H3,(H,20,22). The van der Waals surface area contributed by atoms with Crippen molar-refractivity contribution < 1.29 is 9.59 Å². The smallest absolute Gasteiger partial charge is 0.241 e. The average molecular weight is 317 g/mol. The molecule has 5 nitrogen and oxygen atoms in total. The van der Waals surface area contributed by atoms with E-state index < -0.39 is 0 Å². The van der Waals surface area contributed by atoms with Gasteiger partial charge in [-0.2, -0.15) is 0 Å². The van der Waals surface area contributed by atoms with Crippen molar-refractivity contribution in [2.24, 2.45) is 0 Å². The van der Waals surface area contributed by atoms with E-state index in [1.807, 2.05) is 38.2 Å². The Labute approximate surface area is 138 Å². The fourth-order valence-corrected chi connectivity index (χ4v) is 2.80. The normalized spacial score (nSPS) is 15.2. The molecule has 0 bridgehead atoms. The summed E-state index contributed by atoms with van der Waals surface area (Å²) in [5, 5.41) is 6.03. The largest absolute Gasteiger partial charge is 0.347 e. The highest BCUT2D eigenvalue weighted by molar-refractivity contribution is 5.84. The number of nitrogens with one attached hydrogen (secondary N) is 2. The predicted octanol–water partition coefficient (Wildman–Crippen LogP) is 1.25. The van der Waals surface area contributed by atoms with Gasteiger partial charge in [-0.05, 0) is 44.8 Å². The molecule has 1 heterocycles. The SMILES string of the molecule is Cc1ccc(CCC(=O)NCC(=O)N(C)C2CCNCC2)cc1. The second kappa shape index (κ2) is 8.67. The van der Waals surface area contributed by atoms with Crippen LogP contribution in [0.3, 0.4) is 0 Å². The molecule has 2 amide bonds.